The molecule has 2 N–H and O–H groups in total. The first kappa shape index (κ1) is 16.0. The van der Waals surface area contributed by atoms with E-state index >= 15 is 0 Å². The van der Waals surface area contributed by atoms with Crippen molar-refractivity contribution >= 4 is 43.5 Å². The number of hydrogen-bond donors (Lipinski definition) is 1. The first-order valence-corrected chi connectivity index (χ1v) is 8.31. The van der Waals surface area contributed by atoms with Crippen LogP contribution in [0.15, 0.2) is 27.1 Å². The molecule has 0 fully saturated rings. The van der Waals surface area contributed by atoms with Crippen LogP contribution in [-0.2, 0) is 19.9 Å². The van der Waals surface area contributed by atoms with Gasteiger partial charge in [-0.3, -0.25) is 4.68 Å². The number of hydrogen-bond acceptors (Lipinski definition) is 2. The number of benzene rings is 1. The topological polar surface area (TPSA) is 43.8 Å². The molecule has 0 saturated heterocycles. The SMILES string of the molecule is CCc1nn(C)c(CC(N)c2ccc(Cl)c(Br)c2)c1Br. The molecule has 1 unspecified atom stereocenters. The van der Waals surface area contributed by atoms with E-state index in [0.29, 0.717) is 5.02 Å². The van der Waals surface area contributed by atoms with Crippen molar-refractivity contribution in [3.63, 3.8) is 0 Å². The Labute approximate surface area is 140 Å². The third-order valence-electron chi connectivity index (χ3n) is 3.29. The van der Waals surface area contributed by atoms with Crippen LogP contribution in [0.25, 0.3) is 0 Å². The Morgan fingerprint density at radius 3 is 2.65 bits per heavy atom. The van der Waals surface area contributed by atoms with E-state index < -0.39 is 0 Å². The standard InChI is InChI=1S/C14H16Br2ClN3/c1-3-12-14(16)13(20(2)19-12)7-11(18)8-4-5-10(17)9(15)6-8/h4-6,11H,3,7,18H2,1-2H3. The van der Waals surface area contributed by atoms with Crippen LogP contribution >= 0.6 is 43.5 Å². The monoisotopic (exact) mass is 419 g/mol. The third-order valence-corrected chi connectivity index (χ3v) is 5.42. The third kappa shape index (κ3) is 3.27. The summed E-state index contributed by atoms with van der Waals surface area (Å²) in [7, 11) is 1.95. The van der Waals surface area contributed by atoms with Crippen LogP contribution in [-0.4, -0.2) is 9.78 Å². The Morgan fingerprint density at radius 2 is 2.10 bits per heavy atom. The molecule has 0 radical (unpaired) electrons. The van der Waals surface area contributed by atoms with Crippen LogP contribution in [0, 0.1) is 0 Å². The Kier molecular flexibility index (Phi) is 5.29. The van der Waals surface area contributed by atoms with Crippen molar-refractivity contribution in [3.8, 4) is 0 Å². The average Bonchev–Trinajstić information content (AvgIpc) is 2.69. The second-order valence-corrected chi connectivity index (χ2v) is 6.72. The van der Waals surface area contributed by atoms with E-state index in [-0.39, 0.29) is 6.04 Å². The zero-order valence-corrected chi connectivity index (χ0v) is 15.3. The summed E-state index contributed by atoms with van der Waals surface area (Å²) in [5, 5.41) is 5.18. The first-order chi connectivity index (χ1) is 9.43. The molecule has 2 rings (SSSR count). The van der Waals surface area contributed by atoms with Gasteiger partial charge in [0.2, 0.25) is 0 Å². The van der Waals surface area contributed by atoms with Gasteiger partial charge in [-0.05, 0) is 56.0 Å². The summed E-state index contributed by atoms with van der Waals surface area (Å²) in [4.78, 5) is 0. The van der Waals surface area contributed by atoms with E-state index in [1.807, 2.05) is 29.9 Å². The Hall–Kier alpha value is -0.360. The molecule has 108 valence electrons. The summed E-state index contributed by atoms with van der Waals surface area (Å²) >= 11 is 13.1. The molecule has 3 nitrogen and oxygen atoms in total. The van der Waals surface area contributed by atoms with Crippen LogP contribution in [0.2, 0.25) is 5.02 Å². The van der Waals surface area contributed by atoms with Crippen LogP contribution < -0.4 is 5.73 Å². The van der Waals surface area contributed by atoms with Gasteiger partial charge in [-0.15, -0.1) is 0 Å². The number of nitrogens with two attached hydrogens (primary N) is 1. The van der Waals surface area contributed by atoms with Gasteiger partial charge in [-0.25, -0.2) is 0 Å². The Bertz CT molecular complexity index is 625. The van der Waals surface area contributed by atoms with Crippen molar-refractivity contribution in [3.05, 3.63) is 49.1 Å². The lowest BCUT2D eigenvalue weighted by molar-refractivity contribution is 0.636. The summed E-state index contributed by atoms with van der Waals surface area (Å²) in [5.74, 6) is 0. The molecule has 20 heavy (non-hydrogen) atoms. The minimum absolute atomic E-state index is 0.0972. The van der Waals surface area contributed by atoms with E-state index in [9.17, 15) is 0 Å². The van der Waals surface area contributed by atoms with Crippen molar-refractivity contribution < 1.29 is 0 Å². The molecule has 2 aromatic rings. The predicted molar refractivity (Wildman–Crippen MR) is 90.1 cm³/mol. The molecule has 6 heteroatoms. The van der Waals surface area contributed by atoms with Gasteiger partial charge in [0, 0.05) is 24.0 Å². The molecular weight excluding hydrogens is 405 g/mol. The smallest absolute Gasteiger partial charge is 0.0766 e. The lowest BCUT2D eigenvalue weighted by Crippen LogP contribution is -2.15. The maximum absolute atomic E-state index is 6.31. The lowest BCUT2D eigenvalue weighted by Gasteiger charge is -2.13. The summed E-state index contributed by atoms with van der Waals surface area (Å²) in [6, 6.07) is 5.69. The fourth-order valence-corrected chi connectivity index (χ4v) is 3.40. The van der Waals surface area contributed by atoms with Crippen LogP contribution in [0.4, 0.5) is 0 Å². The molecule has 0 aliphatic rings. The molecule has 1 aromatic carbocycles. The van der Waals surface area contributed by atoms with E-state index in [4.69, 9.17) is 17.3 Å². The summed E-state index contributed by atoms with van der Waals surface area (Å²) < 4.78 is 3.82. The van der Waals surface area contributed by atoms with Gasteiger partial charge in [0.05, 0.1) is 20.9 Å². The molecule has 1 atom stereocenters. The molecule has 0 aliphatic carbocycles. The zero-order chi connectivity index (χ0) is 14.9. The highest BCUT2D eigenvalue weighted by Gasteiger charge is 2.17. The summed E-state index contributed by atoms with van der Waals surface area (Å²) in [5.41, 5.74) is 9.53. The number of rotatable bonds is 4. The van der Waals surface area contributed by atoms with Crippen molar-refractivity contribution in [2.75, 3.05) is 0 Å². The van der Waals surface area contributed by atoms with Crippen molar-refractivity contribution in [1.29, 1.82) is 0 Å². The highest BCUT2D eigenvalue weighted by atomic mass is 79.9. The molecule has 0 bridgehead atoms. The second kappa shape index (κ2) is 6.60. The minimum atomic E-state index is -0.0972. The quantitative estimate of drug-likeness (QED) is 0.795. The molecule has 0 saturated carbocycles. The fourth-order valence-electron chi connectivity index (χ4n) is 2.11. The van der Waals surface area contributed by atoms with Gasteiger partial charge < -0.3 is 5.73 Å². The van der Waals surface area contributed by atoms with Gasteiger partial charge in [0.25, 0.3) is 0 Å². The fraction of sp³-hybridized carbons (Fsp3) is 0.357. The largest absolute Gasteiger partial charge is 0.324 e. The zero-order valence-electron chi connectivity index (χ0n) is 11.3. The van der Waals surface area contributed by atoms with Gasteiger partial charge in [-0.1, -0.05) is 24.6 Å². The molecule has 1 heterocycles. The first-order valence-electron chi connectivity index (χ1n) is 6.34. The summed E-state index contributed by atoms with van der Waals surface area (Å²) in [6.45, 7) is 2.09. The van der Waals surface area contributed by atoms with Gasteiger partial charge in [0.15, 0.2) is 0 Å². The number of nitrogens with zero attached hydrogens (tertiary/aromatic N) is 2. The summed E-state index contributed by atoms with van der Waals surface area (Å²) in [6.07, 6.45) is 1.62. The van der Waals surface area contributed by atoms with E-state index in [0.717, 1.165) is 38.7 Å². The van der Waals surface area contributed by atoms with Crippen molar-refractivity contribution in [2.24, 2.45) is 12.8 Å². The van der Waals surface area contributed by atoms with Crippen LogP contribution in [0.5, 0.6) is 0 Å². The maximum Gasteiger partial charge on any atom is 0.0766 e. The van der Waals surface area contributed by atoms with Crippen molar-refractivity contribution in [2.45, 2.75) is 25.8 Å². The molecule has 0 spiro atoms. The number of halogens is 3. The normalized spacial score (nSPS) is 12.7. The lowest BCUT2D eigenvalue weighted by atomic mass is 10.0. The van der Waals surface area contributed by atoms with Gasteiger partial charge in [-0.2, -0.15) is 5.10 Å². The van der Waals surface area contributed by atoms with Gasteiger partial charge >= 0.3 is 0 Å². The van der Waals surface area contributed by atoms with E-state index in [2.05, 4.69) is 43.9 Å². The predicted octanol–water partition coefficient (Wildman–Crippen LogP) is 4.40. The molecule has 0 amide bonds. The van der Waals surface area contributed by atoms with E-state index in [1.165, 1.54) is 0 Å². The maximum atomic E-state index is 6.31. The van der Waals surface area contributed by atoms with Crippen LogP contribution in [0.1, 0.15) is 29.9 Å². The number of aryl methyl sites for hydroxylation is 2. The molecular formula is C14H16Br2ClN3. The number of aromatic nitrogens is 2. The van der Waals surface area contributed by atoms with E-state index in [1.54, 1.807) is 0 Å². The van der Waals surface area contributed by atoms with Crippen LogP contribution in [0.3, 0.4) is 0 Å². The van der Waals surface area contributed by atoms with Gasteiger partial charge in [0.1, 0.15) is 0 Å². The van der Waals surface area contributed by atoms with Crippen molar-refractivity contribution in [1.82, 2.24) is 9.78 Å². The molecule has 1 aromatic heterocycles. The highest BCUT2D eigenvalue weighted by molar-refractivity contribution is 9.10. The molecule has 0 aliphatic heterocycles. The Balaban J connectivity index is 2.25. The highest BCUT2D eigenvalue weighted by Crippen LogP contribution is 2.29. The average molecular weight is 422 g/mol. The minimum Gasteiger partial charge on any atom is -0.324 e. The Morgan fingerprint density at radius 1 is 1.40 bits per heavy atom. The second-order valence-electron chi connectivity index (χ2n) is 4.67.